The van der Waals surface area contributed by atoms with Crippen LogP contribution in [0.25, 0.3) is 5.57 Å². The molecule has 0 saturated heterocycles. The zero-order valence-corrected chi connectivity index (χ0v) is 16.4. The van der Waals surface area contributed by atoms with Crippen molar-refractivity contribution in [3.05, 3.63) is 112 Å². The average Bonchev–Trinajstić information content (AvgIpc) is 2.96. The van der Waals surface area contributed by atoms with Gasteiger partial charge < -0.3 is 10.0 Å². The Labute approximate surface area is 169 Å². The van der Waals surface area contributed by atoms with E-state index in [4.69, 9.17) is 0 Å². The fourth-order valence-corrected chi connectivity index (χ4v) is 3.73. The van der Waals surface area contributed by atoms with Gasteiger partial charge in [-0.25, -0.2) is 4.39 Å². The Kier molecular flexibility index (Phi) is 4.93. The minimum atomic E-state index is -0.421. The first-order valence-electron chi connectivity index (χ1n) is 9.56. The van der Waals surface area contributed by atoms with Gasteiger partial charge in [0.2, 0.25) is 0 Å². The Balaban J connectivity index is 1.80. The molecule has 0 unspecified atom stereocenters. The van der Waals surface area contributed by atoms with E-state index in [2.05, 4.69) is 0 Å². The van der Waals surface area contributed by atoms with Gasteiger partial charge in [0.1, 0.15) is 5.82 Å². The van der Waals surface area contributed by atoms with E-state index in [9.17, 15) is 14.3 Å². The SMILES string of the molecule is Cc1ccc(C2=C(O)C(=O)N(Cc3ccc(F)cc3)[C@H]2c2ccc(C)cc2)cc1. The summed E-state index contributed by atoms with van der Waals surface area (Å²) in [4.78, 5) is 14.7. The maximum atomic E-state index is 13.3. The van der Waals surface area contributed by atoms with Crippen molar-refractivity contribution in [2.45, 2.75) is 26.4 Å². The number of aliphatic hydroxyl groups is 1. The van der Waals surface area contributed by atoms with Crippen molar-refractivity contribution in [1.82, 2.24) is 4.90 Å². The van der Waals surface area contributed by atoms with Crippen LogP contribution < -0.4 is 0 Å². The van der Waals surface area contributed by atoms with Crippen molar-refractivity contribution < 1.29 is 14.3 Å². The normalized spacial score (nSPS) is 16.6. The standard InChI is InChI=1S/C25H22FNO2/c1-16-3-9-19(10-4-16)22-23(20-11-5-17(2)6-12-20)27(25(29)24(22)28)15-18-7-13-21(26)14-8-18/h3-14,23,28H,15H2,1-2H3/t23-/m0/s1. The fraction of sp³-hybridized carbons (Fsp3) is 0.160. The predicted octanol–water partition coefficient (Wildman–Crippen LogP) is 5.50. The van der Waals surface area contributed by atoms with E-state index in [0.717, 1.165) is 27.8 Å². The molecule has 4 heteroatoms. The highest BCUT2D eigenvalue weighted by molar-refractivity contribution is 6.05. The number of nitrogens with zero attached hydrogens (tertiary/aromatic N) is 1. The Bertz CT molecular complexity index is 1070. The second kappa shape index (κ2) is 7.55. The predicted molar refractivity (Wildman–Crippen MR) is 112 cm³/mol. The lowest BCUT2D eigenvalue weighted by atomic mass is 9.92. The fourth-order valence-electron chi connectivity index (χ4n) is 3.73. The van der Waals surface area contributed by atoms with Gasteiger partial charge in [0.05, 0.1) is 6.04 Å². The summed E-state index contributed by atoms with van der Waals surface area (Å²) in [5.41, 5.74) is 5.36. The van der Waals surface area contributed by atoms with Gasteiger partial charge in [-0.3, -0.25) is 4.79 Å². The monoisotopic (exact) mass is 387 g/mol. The third-order valence-corrected chi connectivity index (χ3v) is 5.33. The molecule has 1 amide bonds. The van der Waals surface area contributed by atoms with Crippen LogP contribution in [0.5, 0.6) is 0 Å². The number of carbonyl (C=O) groups is 1. The summed E-state index contributed by atoms with van der Waals surface area (Å²) < 4.78 is 13.3. The quantitative estimate of drug-likeness (QED) is 0.643. The number of amides is 1. The van der Waals surface area contributed by atoms with E-state index in [0.29, 0.717) is 5.57 Å². The van der Waals surface area contributed by atoms with E-state index in [-0.39, 0.29) is 18.1 Å². The summed E-state index contributed by atoms with van der Waals surface area (Å²) in [6, 6.07) is 21.4. The van der Waals surface area contributed by atoms with Crippen molar-refractivity contribution in [2.75, 3.05) is 0 Å². The molecule has 1 aliphatic rings. The van der Waals surface area contributed by atoms with Crippen LogP contribution in [0.15, 0.2) is 78.6 Å². The van der Waals surface area contributed by atoms with Crippen molar-refractivity contribution in [3.8, 4) is 0 Å². The molecule has 4 rings (SSSR count). The lowest BCUT2D eigenvalue weighted by Gasteiger charge is -2.27. The van der Waals surface area contributed by atoms with Gasteiger partial charge in [-0.2, -0.15) is 0 Å². The zero-order chi connectivity index (χ0) is 20.5. The molecule has 0 spiro atoms. The second-order valence-electron chi connectivity index (χ2n) is 7.50. The molecule has 1 atom stereocenters. The van der Waals surface area contributed by atoms with Crippen LogP contribution >= 0.6 is 0 Å². The summed E-state index contributed by atoms with van der Waals surface area (Å²) in [5, 5.41) is 10.8. The number of aliphatic hydroxyl groups excluding tert-OH is 1. The molecule has 0 saturated carbocycles. The lowest BCUT2D eigenvalue weighted by molar-refractivity contribution is -0.130. The van der Waals surface area contributed by atoms with Crippen LogP contribution in [0, 0.1) is 19.7 Å². The van der Waals surface area contributed by atoms with Gasteiger partial charge in [0, 0.05) is 12.1 Å². The van der Waals surface area contributed by atoms with E-state index < -0.39 is 11.9 Å². The molecule has 1 N–H and O–H groups in total. The molecule has 0 aliphatic carbocycles. The molecule has 0 bridgehead atoms. The molecule has 1 aliphatic heterocycles. The van der Waals surface area contributed by atoms with Crippen molar-refractivity contribution in [2.24, 2.45) is 0 Å². The number of aryl methyl sites for hydroxylation is 2. The number of hydrogen-bond donors (Lipinski definition) is 1. The summed E-state index contributed by atoms with van der Waals surface area (Å²) in [5.74, 6) is -0.977. The van der Waals surface area contributed by atoms with Gasteiger partial charge in [-0.1, -0.05) is 71.8 Å². The number of carbonyl (C=O) groups excluding carboxylic acids is 1. The summed E-state index contributed by atoms with van der Waals surface area (Å²) in [6.45, 7) is 4.28. The van der Waals surface area contributed by atoms with Crippen LogP contribution in [0.1, 0.15) is 33.9 Å². The molecular formula is C25H22FNO2. The molecule has 146 valence electrons. The summed E-state index contributed by atoms with van der Waals surface area (Å²) in [7, 11) is 0. The van der Waals surface area contributed by atoms with Gasteiger partial charge in [-0.05, 0) is 42.7 Å². The van der Waals surface area contributed by atoms with E-state index in [1.807, 2.05) is 62.4 Å². The van der Waals surface area contributed by atoms with Gasteiger partial charge in [-0.15, -0.1) is 0 Å². The molecule has 3 aromatic rings. The van der Waals surface area contributed by atoms with Crippen molar-refractivity contribution >= 4 is 11.5 Å². The molecule has 3 aromatic carbocycles. The first kappa shape index (κ1) is 18.9. The summed E-state index contributed by atoms with van der Waals surface area (Å²) in [6.07, 6.45) is 0. The number of halogens is 1. The Hall–Kier alpha value is -3.40. The largest absolute Gasteiger partial charge is 0.503 e. The van der Waals surface area contributed by atoms with E-state index in [1.54, 1.807) is 17.0 Å². The van der Waals surface area contributed by atoms with E-state index >= 15 is 0 Å². The Morgan fingerprint density at radius 3 is 2.00 bits per heavy atom. The van der Waals surface area contributed by atoms with Crippen LogP contribution in [-0.4, -0.2) is 15.9 Å². The highest BCUT2D eigenvalue weighted by Gasteiger charge is 2.40. The van der Waals surface area contributed by atoms with Crippen LogP contribution in [0.4, 0.5) is 4.39 Å². The molecule has 0 fully saturated rings. The molecule has 29 heavy (non-hydrogen) atoms. The lowest BCUT2D eigenvalue weighted by Crippen LogP contribution is -2.29. The first-order valence-corrected chi connectivity index (χ1v) is 9.56. The molecule has 0 radical (unpaired) electrons. The van der Waals surface area contributed by atoms with Gasteiger partial charge >= 0.3 is 0 Å². The topological polar surface area (TPSA) is 40.5 Å². The van der Waals surface area contributed by atoms with Crippen LogP contribution in [-0.2, 0) is 11.3 Å². The smallest absolute Gasteiger partial charge is 0.290 e. The molecular weight excluding hydrogens is 365 g/mol. The number of hydrogen-bond acceptors (Lipinski definition) is 2. The third kappa shape index (κ3) is 3.66. The second-order valence-corrected chi connectivity index (χ2v) is 7.50. The highest BCUT2D eigenvalue weighted by Crippen LogP contribution is 2.43. The number of rotatable bonds is 4. The molecule has 1 heterocycles. The third-order valence-electron chi connectivity index (χ3n) is 5.33. The minimum absolute atomic E-state index is 0.235. The highest BCUT2D eigenvalue weighted by atomic mass is 19.1. The maximum Gasteiger partial charge on any atom is 0.290 e. The van der Waals surface area contributed by atoms with Crippen molar-refractivity contribution in [1.29, 1.82) is 0 Å². The van der Waals surface area contributed by atoms with Crippen molar-refractivity contribution in [3.63, 3.8) is 0 Å². The number of benzene rings is 3. The zero-order valence-electron chi connectivity index (χ0n) is 16.4. The van der Waals surface area contributed by atoms with Gasteiger partial charge in [0.25, 0.3) is 5.91 Å². The van der Waals surface area contributed by atoms with Crippen LogP contribution in [0.2, 0.25) is 0 Å². The Morgan fingerprint density at radius 1 is 0.862 bits per heavy atom. The molecule has 3 nitrogen and oxygen atoms in total. The maximum absolute atomic E-state index is 13.3. The first-order chi connectivity index (χ1) is 13.9. The minimum Gasteiger partial charge on any atom is -0.503 e. The molecule has 0 aromatic heterocycles. The average molecular weight is 387 g/mol. The Morgan fingerprint density at radius 2 is 1.41 bits per heavy atom. The van der Waals surface area contributed by atoms with Gasteiger partial charge in [0.15, 0.2) is 5.76 Å². The summed E-state index contributed by atoms with van der Waals surface area (Å²) >= 11 is 0. The van der Waals surface area contributed by atoms with E-state index in [1.165, 1.54) is 12.1 Å². The van der Waals surface area contributed by atoms with Crippen LogP contribution in [0.3, 0.4) is 0 Å².